The summed E-state index contributed by atoms with van der Waals surface area (Å²) in [6.45, 7) is 5.41. The Morgan fingerprint density at radius 2 is 1.72 bits per heavy atom. The zero-order valence-electron chi connectivity index (χ0n) is 16.8. The number of imidazole rings is 1. The molecular formula is C23H27N5O+2. The second-order valence-electron chi connectivity index (χ2n) is 7.89. The van der Waals surface area contributed by atoms with Crippen LogP contribution in [0.5, 0.6) is 0 Å². The Morgan fingerprint density at radius 1 is 1.07 bits per heavy atom. The molecule has 1 aliphatic heterocycles. The molecule has 1 fully saturated rings. The van der Waals surface area contributed by atoms with E-state index in [0.29, 0.717) is 12.4 Å². The molecule has 1 aliphatic rings. The molecule has 0 amide bonds. The number of aryl methyl sites for hydroxylation is 1. The van der Waals surface area contributed by atoms with Gasteiger partial charge in [0.15, 0.2) is 5.92 Å². The SMILES string of the molecule is Cn1c(C(C#N)C(=O)C[NH+]2CC[NH+](Cc3ccccc3)CC2)nc2ccccc21. The van der Waals surface area contributed by atoms with E-state index in [9.17, 15) is 10.1 Å². The number of ketones is 1. The first-order valence-corrected chi connectivity index (χ1v) is 10.2. The van der Waals surface area contributed by atoms with E-state index >= 15 is 0 Å². The number of piperazine rings is 1. The summed E-state index contributed by atoms with van der Waals surface area (Å²) in [5.74, 6) is -0.298. The summed E-state index contributed by atoms with van der Waals surface area (Å²) in [5, 5.41) is 9.70. The fourth-order valence-electron chi connectivity index (χ4n) is 4.24. The molecular weight excluding hydrogens is 362 g/mol. The van der Waals surface area contributed by atoms with Gasteiger partial charge in [-0.1, -0.05) is 42.5 Å². The highest BCUT2D eigenvalue weighted by Crippen LogP contribution is 2.21. The van der Waals surface area contributed by atoms with Gasteiger partial charge in [-0.2, -0.15) is 5.26 Å². The van der Waals surface area contributed by atoms with Gasteiger partial charge in [0.1, 0.15) is 45.1 Å². The summed E-state index contributed by atoms with van der Waals surface area (Å²) in [4.78, 5) is 20.3. The molecule has 1 aromatic heterocycles. The summed E-state index contributed by atoms with van der Waals surface area (Å²) in [5.41, 5.74) is 3.12. The number of para-hydroxylation sites is 2. The lowest BCUT2D eigenvalue weighted by atomic mass is 10.0. The summed E-state index contributed by atoms with van der Waals surface area (Å²) in [6, 6.07) is 20.5. The predicted octanol–water partition coefficient (Wildman–Crippen LogP) is -0.267. The Bertz CT molecular complexity index is 1030. The van der Waals surface area contributed by atoms with E-state index in [2.05, 4.69) is 35.3 Å². The van der Waals surface area contributed by atoms with Crippen molar-refractivity contribution in [2.75, 3.05) is 32.7 Å². The number of Topliss-reactive ketones (excluding diaryl/α,β-unsaturated/α-hetero) is 1. The molecule has 29 heavy (non-hydrogen) atoms. The number of hydrogen-bond donors (Lipinski definition) is 2. The molecule has 0 bridgehead atoms. The molecule has 3 aromatic rings. The van der Waals surface area contributed by atoms with Crippen LogP contribution in [0.1, 0.15) is 17.3 Å². The highest BCUT2D eigenvalue weighted by atomic mass is 16.1. The van der Waals surface area contributed by atoms with E-state index in [-0.39, 0.29) is 5.78 Å². The van der Waals surface area contributed by atoms with Crippen LogP contribution < -0.4 is 9.80 Å². The van der Waals surface area contributed by atoms with E-state index in [0.717, 1.165) is 43.8 Å². The average Bonchev–Trinajstić information content (AvgIpc) is 3.07. The third-order valence-electron chi connectivity index (χ3n) is 5.92. The van der Waals surface area contributed by atoms with Crippen LogP contribution in [0.4, 0.5) is 0 Å². The van der Waals surface area contributed by atoms with E-state index in [1.165, 1.54) is 10.5 Å². The number of carbonyl (C=O) groups is 1. The standard InChI is InChI=1S/C23H25N5O/c1-26-21-10-6-5-9-20(21)25-23(26)19(15-24)22(29)17-28-13-11-27(12-14-28)16-18-7-3-2-4-8-18/h2-10,19H,11-14,16-17H2,1H3/p+2. The smallest absolute Gasteiger partial charge is 0.211 e. The van der Waals surface area contributed by atoms with Gasteiger partial charge in [0.25, 0.3) is 0 Å². The average molecular weight is 390 g/mol. The first-order chi connectivity index (χ1) is 14.2. The number of rotatable bonds is 6. The Balaban J connectivity index is 1.37. The lowest BCUT2D eigenvalue weighted by Crippen LogP contribution is -3.27. The van der Waals surface area contributed by atoms with Crippen molar-refractivity contribution in [3.63, 3.8) is 0 Å². The fourth-order valence-corrected chi connectivity index (χ4v) is 4.24. The quantitative estimate of drug-likeness (QED) is 0.610. The third kappa shape index (κ3) is 4.21. The zero-order chi connectivity index (χ0) is 20.2. The molecule has 4 rings (SSSR count). The molecule has 0 aliphatic carbocycles. The molecule has 0 saturated carbocycles. The van der Waals surface area contributed by atoms with Crippen LogP contribution in [0, 0.1) is 11.3 Å². The number of hydrogen-bond acceptors (Lipinski definition) is 3. The normalized spacial score (nSPS) is 20.3. The van der Waals surface area contributed by atoms with Crippen molar-refractivity contribution >= 4 is 16.8 Å². The van der Waals surface area contributed by atoms with Gasteiger partial charge in [-0.15, -0.1) is 0 Å². The van der Waals surface area contributed by atoms with Gasteiger partial charge in [-0.25, -0.2) is 4.98 Å². The first-order valence-electron chi connectivity index (χ1n) is 10.2. The van der Waals surface area contributed by atoms with Crippen LogP contribution in [0.25, 0.3) is 11.0 Å². The molecule has 6 heteroatoms. The van der Waals surface area contributed by atoms with E-state index in [1.54, 1.807) is 4.90 Å². The maximum Gasteiger partial charge on any atom is 0.211 e. The minimum Gasteiger partial charge on any atom is -0.330 e. The van der Waals surface area contributed by atoms with Crippen LogP contribution in [0.15, 0.2) is 54.6 Å². The van der Waals surface area contributed by atoms with Crippen molar-refractivity contribution in [2.45, 2.75) is 12.5 Å². The minimum atomic E-state index is -0.811. The molecule has 148 valence electrons. The number of carbonyl (C=O) groups excluding carboxylic acids is 1. The van der Waals surface area contributed by atoms with E-state index < -0.39 is 5.92 Å². The van der Waals surface area contributed by atoms with E-state index in [4.69, 9.17) is 0 Å². The van der Waals surface area contributed by atoms with Gasteiger partial charge >= 0.3 is 0 Å². The van der Waals surface area contributed by atoms with Crippen molar-refractivity contribution < 1.29 is 14.6 Å². The molecule has 6 nitrogen and oxygen atoms in total. The van der Waals surface area contributed by atoms with Gasteiger partial charge in [-0.3, -0.25) is 4.79 Å². The van der Waals surface area contributed by atoms with Crippen LogP contribution in [0.2, 0.25) is 0 Å². The van der Waals surface area contributed by atoms with Gasteiger partial charge in [0.05, 0.1) is 17.1 Å². The van der Waals surface area contributed by atoms with Crippen molar-refractivity contribution in [3.05, 3.63) is 66.0 Å². The summed E-state index contributed by atoms with van der Waals surface area (Å²) >= 11 is 0. The number of nitrogens with one attached hydrogen (secondary N) is 2. The summed E-state index contributed by atoms with van der Waals surface area (Å²) in [6.07, 6.45) is 0. The molecule has 0 radical (unpaired) electrons. The Kier molecular flexibility index (Phi) is 5.70. The van der Waals surface area contributed by atoms with Crippen LogP contribution >= 0.6 is 0 Å². The molecule has 1 unspecified atom stereocenters. The molecule has 2 aromatic carbocycles. The van der Waals surface area contributed by atoms with Gasteiger partial charge in [-0.05, 0) is 12.1 Å². The van der Waals surface area contributed by atoms with Crippen molar-refractivity contribution in [3.8, 4) is 6.07 Å². The van der Waals surface area contributed by atoms with Crippen LogP contribution in [0.3, 0.4) is 0 Å². The highest BCUT2D eigenvalue weighted by Gasteiger charge is 2.31. The minimum absolute atomic E-state index is 0.0348. The number of quaternary nitrogens is 2. The monoisotopic (exact) mass is 389 g/mol. The number of aromatic nitrogens is 2. The summed E-state index contributed by atoms with van der Waals surface area (Å²) in [7, 11) is 1.88. The highest BCUT2D eigenvalue weighted by molar-refractivity contribution is 5.89. The number of fused-ring (bicyclic) bond motifs is 1. The van der Waals surface area contributed by atoms with Crippen molar-refractivity contribution in [1.29, 1.82) is 5.26 Å². The predicted molar refractivity (Wildman–Crippen MR) is 110 cm³/mol. The Morgan fingerprint density at radius 3 is 2.41 bits per heavy atom. The first kappa shape index (κ1) is 19.3. The van der Waals surface area contributed by atoms with E-state index in [1.807, 2.05) is 41.9 Å². The number of nitriles is 1. The largest absolute Gasteiger partial charge is 0.330 e. The van der Waals surface area contributed by atoms with Gasteiger partial charge in [0, 0.05) is 12.6 Å². The lowest BCUT2D eigenvalue weighted by Gasteiger charge is -2.29. The molecule has 0 spiro atoms. The van der Waals surface area contributed by atoms with Crippen LogP contribution in [-0.4, -0.2) is 48.1 Å². The van der Waals surface area contributed by atoms with Gasteiger partial charge < -0.3 is 14.4 Å². The molecule has 2 N–H and O–H groups in total. The maximum absolute atomic E-state index is 12.9. The maximum atomic E-state index is 12.9. The second-order valence-corrected chi connectivity index (χ2v) is 7.89. The molecule has 1 atom stereocenters. The third-order valence-corrected chi connectivity index (χ3v) is 5.92. The Hall–Kier alpha value is -3.01. The second kappa shape index (κ2) is 8.56. The van der Waals surface area contributed by atoms with Gasteiger partial charge in [0.2, 0.25) is 5.78 Å². The van der Waals surface area contributed by atoms with Crippen molar-refractivity contribution in [2.24, 2.45) is 7.05 Å². The zero-order valence-corrected chi connectivity index (χ0v) is 16.8. The molecule has 1 saturated heterocycles. The lowest BCUT2D eigenvalue weighted by molar-refractivity contribution is -1.02. The van der Waals surface area contributed by atoms with Crippen molar-refractivity contribution in [1.82, 2.24) is 9.55 Å². The summed E-state index contributed by atoms with van der Waals surface area (Å²) < 4.78 is 1.87. The fraction of sp³-hybridized carbons (Fsp3) is 0.348. The van der Waals surface area contributed by atoms with Crippen LogP contribution in [-0.2, 0) is 18.4 Å². The number of benzene rings is 2. The number of nitrogens with zero attached hydrogens (tertiary/aromatic N) is 3. The Labute approximate surface area is 171 Å². The topological polar surface area (TPSA) is 67.6 Å². The molecule has 2 heterocycles.